The Morgan fingerprint density at radius 2 is 1.52 bits per heavy atom. The summed E-state index contributed by atoms with van der Waals surface area (Å²) in [6.07, 6.45) is -7.88. The van der Waals surface area contributed by atoms with Crippen molar-refractivity contribution in [1.29, 1.82) is 0 Å². The number of nitrogens with zero attached hydrogens (tertiary/aromatic N) is 1. The van der Waals surface area contributed by atoms with Crippen molar-refractivity contribution < 1.29 is 40.0 Å². The van der Waals surface area contributed by atoms with Crippen LogP contribution in [0.1, 0.15) is 26.2 Å². The Morgan fingerprint density at radius 1 is 1.05 bits per heavy atom. The predicted octanol–water partition coefficient (Wildman–Crippen LogP) is 4.13. The molecular formula is C10H16F6NO3P. The van der Waals surface area contributed by atoms with Crippen LogP contribution in [0.5, 0.6) is 0 Å². The van der Waals surface area contributed by atoms with Crippen LogP contribution in [0.25, 0.3) is 0 Å². The van der Waals surface area contributed by atoms with Gasteiger partial charge in [0.15, 0.2) is 13.2 Å². The lowest BCUT2D eigenvalue weighted by atomic mass is 10.1. The maximum absolute atomic E-state index is 12.4. The number of piperidine rings is 1. The van der Waals surface area contributed by atoms with E-state index in [0.717, 1.165) is 11.1 Å². The minimum absolute atomic E-state index is 0.0636. The molecule has 1 fully saturated rings. The molecule has 11 heteroatoms. The summed E-state index contributed by atoms with van der Waals surface area (Å²) < 4.78 is 94.9. The summed E-state index contributed by atoms with van der Waals surface area (Å²) in [4.78, 5) is 0. The van der Waals surface area contributed by atoms with Crippen molar-refractivity contribution >= 4 is 7.75 Å². The molecule has 126 valence electrons. The second kappa shape index (κ2) is 6.85. The maximum Gasteiger partial charge on any atom is 0.412 e. The molecule has 4 nitrogen and oxygen atoms in total. The van der Waals surface area contributed by atoms with Crippen molar-refractivity contribution in [1.82, 2.24) is 4.67 Å². The van der Waals surface area contributed by atoms with Gasteiger partial charge in [-0.05, 0) is 19.8 Å². The number of hydrogen-bond donors (Lipinski definition) is 0. The van der Waals surface area contributed by atoms with Gasteiger partial charge >= 0.3 is 20.1 Å². The lowest BCUT2D eigenvalue weighted by Gasteiger charge is -2.37. The largest absolute Gasteiger partial charge is 0.412 e. The molecule has 0 radical (unpaired) electrons. The zero-order valence-corrected chi connectivity index (χ0v) is 12.1. The molecule has 21 heavy (non-hydrogen) atoms. The number of rotatable bonds is 5. The van der Waals surface area contributed by atoms with Crippen LogP contribution >= 0.6 is 7.75 Å². The van der Waals surface area contributed by atoms with E-state index in [1.54, 1.807) is 6.92 Å². The van der Waals surface area contributed by atoms with Crippen molar-refractivity contribution in [3.05, 3.63) is 0 Å². The molecule has 0 bridgehead atoms. The van der Waals surface area contributed by atoms with Gasteiger partial charge in [-0.3, -0.25) is 9.05 Å². The summed E-state index contributed by atoms with van der Waals surface area (Å²) in [6.45, 7) is -2.23. The minimum Gasteiger partial charge on any atom is -0.287 e. The van der Waals surface area contributed by atoms with E-state index >= 15 is 0 Å². The first-order valence-corrected chi connectivity index (χ1v) is 7.72. The van der Waals surface area contributed by atoms with Gasteiger partial charge in [-0.1, -0.05) is 6.42 Å². The van der Waals surface area contributed by atoms with Crippen LogP contribution in [0.4, 0.5) is 26.3 Å². The van der Waals surface area contributed by atoms with Gasteiger partial charge in [0.2, 0.25) is 0 Å². The molecule has 0 amide bonds. The lowest BCUT2D eigenvalue weighted by molar-refractivity contribution is -0.168. The monoisotopic (exact) mass is 343 g/mol. The van der Waals surface area contributed by atoms with E-state index < -0.39 is 39.4 Å². The average molecular weight is 343 g/mol. The first-order chi connectivity index (χ1) is 9.43. The van der Waals surface area contributed by atoms with Crippen LogP contribution in [0, 0.1) is 0 Å². The van der Waals surface area contributed by atoms with Crippen molar-refractivity contribution in [2.24, 2.45) is 0 Å². The molecule has 0 N–H and O–H groups in total. The molecule has 1 rings (SSSR count). The Hall–Kier alpha value is -0.310. The summed E-state index contributed by atoms with van der Waals surface area (Å²) >= 11 is 0. The van der Waals surface area contributed by atoms with Crippen LogP contribution in [0.3, 0.4) is 0 Å². The van der Waals surface area contributed by atoms with Crippen LogP contribution in [0.2, 0.25) is 0 Å². The fraction of sp³-hybridized carbons (Fsp3) is 1.00. The SMILES string of the molecule is CC1CCCCN1P(=O)(OCC(F)(F)F)OCC(F)(F)F. The Bertz CT molecular complexity index is 364. The second-order valence-corrected chi connectivity index (χ2v) is 6.72. The third-order valence-corrected chi connectivity index (χ3v) is 5.00. The van der Waals surface area contributed by atoms with E-state index in [9.17, 15) is 30.9 Å². The van der Waals surface area contributed by atoms with Gasteiger partial charge in [-0.2, -0.15) is 26.3 Å². The first-order valence-electron chi connectivity index (χ1n) is 6.23. The molecule has 1 aliphatic rings. The third kappa shape index (κ3) is 6.54. The van der Waals surface area contributed by atoms with Crippen LogP contribution in [-0.2, 0) is 13.6 Å². The van der Waals surface area contributed by atoms with Crippen molar-refractivity contribution in [2.45, 2.75) is 44.6 Å². The van der Waals surface area contributed by atoms with E-state index in [-0.39, 0.29) is 6.54 Å². The first kappa shape index (κ1) is 18.7. The van der Waals surface area contributed by atoms with Crippen LogP contribution in [0.15, 0.2) is 0 Å². The van der Waals surface area contributed by atoms with Gasteiger partial charge < -0.3 is 0 Å². The standard InChI is InChI=1S/C10H16F6NO3P/c1-8-4-2-3-5-17(8)21(18,19-6-9(11,12)13)20-7-10(14,15)16/h8H,2-7H2,1H3. The highest BCUT2D eigenvalue weighted by molar-refractivity contribution is 7.51. The van der Waals surface area contributed by atoms with Crippen LogP contribution in [-0.4, -0.2) is 42.8 Å². The second-order valence-electron chi connectivity index (χ2n) is 4.75. The lowest BCUT2D eigenvalue weighted by Crippen LogP contribution is -2.37. The van der Waals surface area contributed by atoms with Crippen molar-refractivity contribution in [3.63, 3.8) is 0 Å². The van der Waals surface area contributed by atoms with Gasteiger partial charge in [-0.25, -0.2) is 9.24 Å². The molecule has 1 aliphatic heterocycles. The third-order valence-electron chi connectivity index (χ3n) is 2.87. The summed E-state index contributed by atoms with van der Waals surface area (Å²) in [6, 6.07) is -0.481. The highest BCUT2D eigenvalue weighted by Gasteiger charge is 2.44. The molecule has 0 aromatic heterocycles. The molecule has 0 aromatic rings. The molecule has 0 aliphatic carbocycles. The van der Waals surface area contributed by atoms with Gasteiger partial charge in [0, 0.05) is 12.6 Å². The van der Waals surface area contributed by atoms with Gasteiger partial charge in [0.25, 0.3) is 0 Å². The van der Waals surface area contributed by atoms with E-state index in [4.69, 9.17) is 0 Å². The van der Waals surface area contributed by atoms with E-state index in [1.807, 2.05) is 0 Å². The van der Waals surface area contributed by atoms with E-state index in [1.165, 1.54) is 0 Å². The highest BCUT2D eigenvalue weighted by Crippen LogP contribution is 2.56. The predicted molar refractivity (Wildman–Crippen MR) is 61.6 cm³/mol. The Balaban J connectivity index is 2.84. The van der Waals surface area contributed by atoms with E-state index in [2.05, 4.69) is 9.05 Å². The van der Waals surface area contributed by atoms with E-state index in [0.29, 0.717) is 12.8 Å². The summed E-state index contributed by atoms with van der Waals surface area (Å²) in [7, 11) is -4.65. The van der Waals surface area contributed by atoms with Gasteiger partial charge in [0.05, 0.1) is 0 Å². The molecule has 1 atom stereocenters. The fourth-order valence-corrected chi connectivity index (χ4v) is 3.92. The van der Waals surface area contributed by atoms with Crippen molar-refractivity contribution in [2.75, 3.05) is 19.8 Å². The fourth-order valence-electron chi connectivity index (χ4n) is 1.94. The smallest absolute Gasteiger partial charge is 0.287 e. The maximum atomic E-state index is 12.4. The normalized spacial score (nSPS) is 22.5. The highest BCUT2D eigenvalue weighted by atomic mass is 31.2. The van der Waals surface area contributed by atoms with Gasteiger partial charge in [-0.15, -0.1) is 0 Å². The molecule has 0 spiro atoms. The zero-order valence-electron chi connectivity index (χ0n) is 11.2. The Labute approximate surface area is 118 Å². The molecule has 1 saturated heterocycles. The van der Waals surface area contributed by atoms with Gasteiger partial charge in [0.1, 0.15) is 0 Å². The van der Waals surface area contributed by atoms with Crippen molar-refractivity contribution in [3.8, 4) is 0 Å². The Morgan fingerprint density at radius 3 is 1.90 bits per heavy atom. The number of alkyl halides is 6. The Kier molecular flexibility index (Phi) is 6.11. The summed E-state index contributed by atoms with van der Waals surface area (Å²) in [5.74, 6) is 0. The molecular weight excluding hydrogens is 327 g/mol. The zero-order chi connectivity index (χ0) is 16.3. The number of hydrogen-bond acceptors (Lipinski definition) is 3. The molecule has 1 heterocycles. The topological polar surface area (TPSA) is 38.8 Å². The number of halogens is 6. The summed E-state index contributed by atoms with van der Waals surface area (Å²) in [5.41, 5.74) is 0. The molecule has 1 unspecified atom stereocenters. The minimum atomic E-state index is -4.81. The summed E-state index contributed by atoms with van der Waals surface area (Å²) in [5, 5.41) is 0. The average Bonchev–Trinajstić information content (AvgIpc) is 2.33. The molecule has 0 saturated carbocycles. The van der Waals surface area contributed by atoms with Crippen LogP contribution < -0.4 is 0 Å². The quantitative estimate of drug-likeness (QED) is 0.556. The molecule has 0 aromatic carbocycles.